The molecule has 2 rings (SSSR count). The quantitative estimate of drug-likeness (QED) is 0.304. The van der Waals surface area contributed by atoms with E-state index in [0.29, 0.717) is 4.59 Å². The van der Waals surface area contributed by atoms with Gasteiger partial charge in [0.05, 0.1) is 26.9 Å². The third-order valence-corrected chi connectivity index (χ3v) is 2.94. The highest BCUT2D eigenvalue weighted by Crippen LogP contribution is 2.09. The molecule has 2 aromatic carbocycles. The van der Waals surface area contributed by atoms with E-state index in [9.17, 15) is 0 Å². The van der Waals surface area contributed by atoms with Gasteiger partial charge in [-0.25, -0.2) is 4.59 Å². The Hall–Kier alpha value is -1.20. The number of hydrogen-bond acceptors (Lipinski definition) is 1. The predicted octanol–water partition coefficient (Wildman–Crippen LogP) is 0.538. The maximum absolute atomic E-state index is 4.85. The molecule has 0 saturated heterocycles. The minimum absolute atomic E-state index is 0. The van der Waals surface area contributed by atoms with Gasteiger partial charge in [0.15, 0.2) is 0 Å². The van der Waals surface area contributed by atoms with Crippen molar-refractivity contribution < 1.29 is 28.6 Å². The normalized spacial score (nSPS) is 10.6. The average molecular weight is 394 g/mol. The minimum Gasteiger partial charge on any atom is -1.00 e. The first-order valence-electron chi connectivity index (χ1n) is 7.00. The highest BCUT2D eigenvalue weighted by molar-refractivity contribution is 5.88. The van der Waals surface area contributed by atoms with Crippen molar-refractivity contribution in [3.8, 4) is 0 Å². The Labute approximate surface area is 145 Å². The van der Waals surface area contributed by atoms with Crippen LogP contribution in [0.3, 0.4) is 0 Å². The molecule has 0 bridgehead atoms. The van der Waals surface area contributed by atoms with Gasteiger partial charge in [0.2, 0.25) is 0 Å². The number of nitrogens with zero attached hydrogens (tertiary/aromatic N) is 2. The van der Waals surface area contributed by atoms with E-state index < -0.39 is 0 Å². The van der Waals surface area contributed by atoms with Crippen LogP contribution in [0, 0.1) is 0 Å². The summed E-state index contributed by atoms with van der Waals surface area (Å²) < 4.78 is 0.606. The second kappa shape index (κ2) is 8.29. The van der Waals surface area contributed by atoms with E-state index in [1.807, 2.05) is 0 Å². The standard InChI is InChI=1S/C18H23N2.HI/c1-20(2,3)19-18(14-16-10-6-4-7-11-16)15-17-12-8-5-9-13-17;/h4-13H,14-15H2,1-3H3;1H/q+1;/p-1. The molecule has 0 N–H and O–H groups in total. The minimum atomic E-state index is 0. The van der Waals surface area contributed by atoms with Gasteiger partial charge in [-0.05, 0) is 11.1 Å². The first-order valence-corrected chi connectivity index (χ1v) is 7.00. The Morgan fingerprint density at radius 2 is 1.14 bits per heavy atom. The van der Waals surface area contributed by atoms with Crippen molar-refractivity contribution in [1.82, 2.24) is 0 Å². The average Bonchev–Trinajstić information content (AvgIpc) is 2.39. The molecular formula is C18H23IN2. The molecule has 0 aromatic heterocycles. The summed E-state index contributed by atoms with van der Waals surface area (Å²) in [6, 6.07) is 21.1. The maximum Gasteiger partial charge on any atom is 0.0923 e. The van der Waals surface area contributed by atoms with Gasteiger partial charge in [-0.2, -0.15) is 0 Å². The highest BCUT2D eigenvalue weighted by Gasteiger charge is 2.11. The van der Waals surface area contributed by atoms with Gasteiger partial charge >= 0.3 is 0 Å². The van der Waals surface area contributed by atoms with Gasteiger partial charge in [-0.1, -0.05) is 65.8 Å². The lowest BCUT2D eigenvalue weighted by atomic mass is 10.0. The Morgan fingerprint density at radius 3 is 1.48 bits per heavy atom. The molecule has 0 atom stereocenters. The lowest BCUT2D eigenvalue weighted by Crippen LogP contribution is -3.00. The molecule has 0 spiro atoms. The number of quaternary nitrogens is 1. The van der Waals surface area contributed by atoms with Gasteiger partial charge in [0.25, 0.3) is 0 Å². The molecule has 3 heteroatoms. The molecule has 0 aliphatic heterocycles. The lowest BCUT2D eigenvalue weighted by molar-refractivity contribution is -0.877. The monoisotopic (exact) mass is 394 g/mol. The number of halogens is 1. The fourth-order valence-corrected chi connectivity index (χ4v) is 2.22. The zero-order chi connectivity index (χ0) is 14.4. The van der Waals surface area contributed by atoms with E-state index in [0.717, 1.165) is 12.8 Å². The number of rotatable bonds is 5. The molecule has 0 saturated carbocycles. The third-order valence-electron chi connectivity index (χ3n) is 2.94. The molecular weight excluding hydrogens is 371 g/mol. The summed E-state index contributed by atoms with van der Waals surface area (Å²) in [6.07, 6.45) is 1.82. The zero-order valence-corrected chi connectivity index (χ0v) is 15.1. The van der Waals surface area contributed by atoms with E-state index in [4.69, 9.17) is 5.10 Å². The van der Waals surface area contributed by atoms with Crippen LogP contribution in [0.2, 0.25) is 0 Å². The van der Waals surface area contributed by atoms with E-state index in [1.165, 1.54) is 16.8 Å². The first-order chi connectivity index (χ1) is 9.53. The second-order valence-electron chi connectivity index (χ2n) is 5.93. The Bertz CT molecular complexity index is 513. The van der Waals surface area contributed by atoms with Gasteiger partial charge in [-0.3, -0.25) is 0 Å². The molecule has 112 valence electrons. The van der Waals surface area contributed by atoms with Crippen LogP contribution in [-0.2, 0) is 12.8 Å². The summed E-state index contributed by atoms with van der Waals surface area (Å²) in [5.41, 5.74) is 3.85. The van der Waals surface area contributed by atoms with Crippen LogP contribution in [0.15, 0.2) is 65.8 Å². The van der Waals surface area contributed by atoms with E-state index in [2.05, 4.69) is 81.8 Å². The van der Waals surface area contributed by atoms with Crippen LogP contribution in [-0.4, -0.2) is 31.4 Å². The van der Waals surface area contributed by atoms with Crippen molar-refractivity contribution in [3.05, 3.63) is 71.8 Å². The summed E-state index contributed by atoms with van der Waals surface area (Å²) in [5, 5.41) is 4.85. The second-order valence-corrected chi connectivity index (χ2v) is 5.93. The largest absolute Gasteiger partial charge is 1.00 e. The molecule has 0 radical (unpaired) electrons. The highest BCUT2D eigenvalue weighted by atomic mass is 127. The van der Waals surface area contributed by atoms with Gasteiger partial charge in [0, 0.05) is 12.8 Å². The Balaban J connectivity index is 0.00000220. The van der Waals surface area contributed by atoms with Crippen molar-refractivity contribution in [2.24, 2.45) is 5.10 Å². The molecule has 0 aliphatic carbocycles. The predicted molar refractivity (Wildman–Crippen MR) is 85.8 cm³/mol. The molecule has 0 aliphatic rings. The topological polar surface area (TPSA) is 12.4 Å². The summed E-state index contributed by atoms with van der Waals surface area (Å²) >= 11 is 0. The van der Waals surface area contributed by atoms with Crippen LogP contribution in [0.4, 0.5) is 0 Å². The summed E-state index contributed by atoms with van der Waals surface area (Å²) in [6.45, 7) is 0. The molecule has 0 unspecified atom stereocenters. The SMILES string of the molecule is C[N+](C)(C)N=C(Cc1ccccc1)Cc1ccccc1.[I-]. The van der Waals surface area contributed by atoms with E-state index in [-0.39, 0.29) is 24.0 Å². The van der Waals surface area contributed by atoms with Crippen LogP contribution >= 0.6 is 0 Å². The molecule has 21 heavy (non-hydrogen) atoms. The van der Waals surface area contributed by atoms with Crippen molar-refractivity contribution >= 4 is 5.71 Å². The Morgan fingerprint density at radius 1 is 0.762 bits per heavy atom. The fraction of sp³-hybridized carbons (Fsp3) is 0.278. The maximum atomic E-state index is 4.85. The van der Waals surface area contributed by atoms with Crippen LogP contribution < -0.4 is 24.0 Å². The van der Waals surface area contributed by atoms with E-state index in [1.54, 1.807) is 0 Å². The smallest absolute Gasteiger partial charge is 0.0923 e. The molecule has 0 heterocycles. The first kappa shape index (κ1) is 17.9. The van der Waals surface area contributed by atoms with Crippen LogP contribution in [0.5, 0.6) is 0 Å². The van der Waals surface area contributed by atoms with Crippen LogP contribution in [0.1, 0.15) is 11.1 Å². The van der Waals surface area contributed by atoms with Crippen molar-refractivity contribution in [3.63, 3.8) is 0 Å². The molecule has 2 nitrogen and oxygen atoms in total. The van der Waals surface area contributed by atoms with Crippen molar-refractivity contribution in [1.29, 1.82) is 0 Å². The molecule has 0 fully saturated rings. The molecule has 0 amide bonds. The number of benzene rings is 2. The summed E-state index contributed by atoms with van der Waals surface area (Å²) in [5.74, 6) is 0. The zero-order valence-electron chi connectivity index (χ0n) is 13.0. The lowest BCUT2D eigenvalue weighted by Gasteiger charge is -2.18. The van der Waals surface area contributed by atoms with Gasteiger partial charge < -0.3 is 24.0 Å². The third kappa shape index (κ3) is 6.87. The fourth-order valence-electron chi connectivity index (χ4n) is 2.22. The number of hydrogen-bond donors (Lipinski definition) is 0. The van der Waals surface area contributed by atoms with Crippen molar-refractivity contribution in [2.45, 2.75) is 12.8 Å². The van der Waals surface area contributed by atoms with Gasteiger partial charge in [-0.15, -0.1) is 0 Å². The van der Waals surface area contributed by atoms with Crippen LogP contribution in [0.25, 0.3) is 0 Å². The van der Waals surface area contributed by atoms with E-state index >= 15 is 0 Å². The molecule has 2 aromatic rings. The summed E-state index contributed by atoms with van der Waals surface area (Å²) in [7, 11) is 6.28. The summed E-state index contributed by atoms with van der Waals surface area (Å²) in [4.78, 5) is 0. The van der Waals surface area contributed by atoms with Crippen molar-refractivity contribution in [2.75, 3.05) is 21.1 Å². The van der Waals surface area contributed by atoms with Gasteiger partial charge in [0.1, 0.15) is 0 Å². The Kier molecular flexibility index (Phi) is 7.05.